The first-order valence-corrected chi connectivity index (χ1v) is 12.2. The molecule has 0 bridgehead atoms. The van der Waals surface area contributed by atoms with E-state index in [0.29, 0.717) is 31.7 Å². The van der Waals surface area contributed by atoms with Crippen LogP contribution < -0.4 is 0 Å². The van der Waals surface area contributed by atoms with Gasteiger partial charge in [0.25, 0.3) is 5.91 Å². The van der Waals surface area contributed by atoms with Gasteiger partial charge in [-0.3, -0.25) is 14.5 Å². The van der Waals surface area contributed by atoms with Crippen LogP contribution in [0.15, 0.2) is 83.5 Å². The SMILES string of the molecule is O=C(c1ccco1)N1CCC(C(=O)N2CCN(C(c3ccccc3)c3ccccc3)CC2)CC1. The molecular formula is C28H31N3O3. The third-order valence-electron chi connectivity index (χ3n) is 7.09. The van der Waals surface area contributed by atoms with E-state index < -0.39 is 0 Å². The van der Waals surface area contributed by atoms with Crippen LogP contribution in [0.5, 0.6) is 0 Å². The van der Waals surface area contributed by atoms with E-state index in [1.165, 1.54) is 17.4 Å². The van der Waals surface area contributed by atoms with Gasteiger partial charge in [-0.05, 0) is 36.1 Å². The first-order chi connectivity index (χ1) is 16.7. The first kappa shape index (κ1) is 22.4. The average Bonchev–Trinajstić information content (AvgIpc) is 3.45. The van der Waals surface area contributed by atoms with E-state index in [1.807, 2.05) is 4.90 Å². The summed E-state index contributed by atoms with van der Waals surface area (Å²) in [5.74, 6) is 0.511. The third-order valence-corrected chi connectivity index (χ3v) is 7.09. The van der Waals surface area contributed by atoms with Gasteiger partial charge in [-0.1, -0.05) is 60.7 Å². The van der Waals surface area contributed by atoms with Crippen molar-refractivity contribution in [2.75, 3.05) is 39.3 Å². The van der Waals surface area contributed by atoms with Crippen molar-refractivity contribution < 1.29 is 14.0 Å². The highest BCUT2D eigenvalue weighted by Crippen LogP contribution is 2.30. The molecule has 0 radical (unpaired) electrons. The predicted octanol–water partition coefficient (Wildman–Crippen LogP) is 4.07. The topological polar surface area (TPSA) is 57.0 Å². The second-order valence-corrected chi connectivity index (χ2v) is 9.13. The van der Waals surface area contributed by atoms with Crippen molar-refractivity contribution in [1.29, 1.82) is 0 Å². The summed E-state index contributed by atoms with van der Waals surface area (Å²) in [6.07, 6.45) is 2.94. The van der Waals surface area contributed by atoms with Gasteiger partial charge in [0.15, 0.2) is 5.76 Å². The summed E-state index contributed by atoms with van der Waals surface area (Å²) >= 11 is 0. The predicted molar refractivity (Wildman–Crippen MR) is 130 cm³/mol. The standard InChI is InChI=1S/C28H31N3O3/c32-27(24-13-15-30(16-14-24)28(33)25-12-7-21-34-25)31-19-17-29(18-20-31)26(22-8-3-1-4-9-22)23-10-5-2-6-11-23/h1-12,21,24,26H,13-20H2. The van der Waals surface area contributed by atoms with Crippen LogP contribution >= 0.6 is 0 Å². The summed E-state index contributed by atoms with van der Waals surface area (Å²) in [5, 5.41) is 0. The van der Waals surface area contributed by atoms with Crippen LogP contribution in [0.2, 0.25) is 0 Å². The molecule has 2 aliphatic heterocycles. The number of furan rings is 1. The Bertz CT molecular complexity index is 1030. The molecule has 0 unspecified atom stereocenters. The van der Waals surface area contributed by atoms with Gasteiger partial charge in [0.05, 0.1) is 12.3 Å². The monoisotopic (exact) mass is 457 g/mol. The summed E-state index contributed by atoms with van der Waals surface area (Å²) in [7, 11) is 0. The van der Waals surface area contributed by atoms with Crippen molar-refractivity contribution in [2.45, 2.75) is 18.9 Å². The molecule has 6 nitrogen and oxygen atoms in total. The highest BCUT2D eigenvalue weighted by atomic mass is 16.3. The fourth-order valence-electron chi connectivity index (χ4n) is 5.23. The molecule has 0 atom stereocenters. The maximum absolute atomic E-state index is 13.3. The van der Waals surface area contributed by atoms with Crippen LogP contribution in [0.25, 0.3) is 0 Å². The Morgan fingerprint density at radius 1 is 0.706 bits per heavy atom. The molecule has 3 heterocycles. The molecule has 6 heteroatoms. The minimum absolute atomic E-state index is 0.00811. The van der Waals surface area contributed by atoms with Gasteiger partial charge < -0.3 is 14.2 Å². The minimum Gasteiger partial charge on any atom is -0.459 e. The Balaban J connectivity index is 1.18. The van der Waals surface area contributed by atoms with E-state index in [1.54, 1.807) is 17.0 Å². The maximum atomic E-state index is 13.3. The van der Waals surface area contributed by atoms with Gasteiger partial charge >= 0.3 is 0 Å². The van der Waals surface area contributed by atoms with E-state index >= 15 is 0 Å². The van der Waals surface area contributed by atoms with Crippen LogP contribution in [0.4, 0.5) is 0 Å². The van der Waals surface area contributed by atoms with Crippen LogP contribution in [-0.4, -0.2) is 65.8 Å². The fourth-order valence-corrected chi connectivity index (χ4v) is 5.23. The number of piperidine rings is 1. The molecule has 5 rings (SSSR count). The molecular weight excluding hydrogens is 426 g/mol. The number of amides is 2. The van der Waals surface area contributed by atoms with Gasteiger partial charge in [0.1, 0.15) is 0 Å². The number of benzene rings is 2. The molecule has 2 aromatic carbocycles. The Kier molecular flexibility index (Phi) is 6.77. The van der Waals surface area contributed by atoms with Gasteiger partial charge in [-0.2, -0.15) is 0 Å². The Morgan fingerprint density at radius 2 is 1.29 bits per heavy atom. The van der Waals surface area contributed by atoms with E-state index in [-0.39, 0.29) is 23.8 Å². The van der Waals surface area contributed by atoms with Crippen molar-refractivity contribution in [3.63, 3.8) is 0 Å². The Hall–Kier alpha value is -3.38. The number of piperazine rings is 1. The fraction of sp³-hybridized carbons (Fsp3) is 0.357. The third kappa shape index (κ3) is 4.77. The quantitative estimate of drug-likeness (QED) is 0.580. The zero-order valence-corrected chi connectivity index (χ0v) is 19.4. The number of hydrogen-bond acceptors (Lipinski definition) is 4. The highest BCUT2D eigenvalue weighted by molar-refractivity contribution is 5.91. The van der Waals surface area contributed by atoms with E-state index in [2.05, 4.69) is 65.6 Å². The van der Waals surface area contributed by atoms with Crippen molar-refractivity contribution >= 4 is 11.8 Å². The van der Waals surface area contributed by atoms with Crippen LogP contribution in [0.1, 0.15) is 40.6 Å². The van der Waals surface area contributed by atoms with Crippen LogP contribution in [0, 0.1) is 5.92 Å². The summed E-state index contributed by atoms with van der Waals surface area (Å²) in [6, 6.07) is 24.8. The van der Waals surface area contributed by atoms with E-state index in [0.717, 1.165) is 26.2 Å². The summed E-state index contributed by atoms with van der Waals surface area (Å²) in [6.45, 7) is 4.35. The molecule has 0 N–H and O–H groups in total. The smallest absolute Gasteiger partial charge is 0.289 e. The molecule has 34 heavy (non-hydrogen) atoms. The molecule has 3 aromatic rings. The number of rotatable bonds is 5. The van der Waals surface area contributed by atoms with Crippen LogP contribution in [0.3, 0.4) is 0 Å². The molecule has 176 valence electrons. The second-order valence-electron chi connectivity index (χ2n) is 9.13. The summed E-state index contributed by atoms with van der Waals surface area (Å²) < 4.78 is 5.24. The normalized spacial score (nSPS) is 17.8. The number of carbonyl (C=O) groups is 2. The van der Waals surface area contributed by atoms with Gasteiger partial charge in [-0.25, -0.2) is 0 Å². The summed E-state index contributed by atoms with van der Waals surface area (Å²) in [5.41, 5.74) is 2.56. The highest BCUT2D eigenvalue weighted by Gasteiger charge is 2.34. The largest absolute Gasteiger partial charge is 0.459 e. The van der Waals surface area contributed by atoms with Gasteiger partial charge in [0.2, 0.25) is 5.91 Å². The molecule has 0 saturated carbocycles. The van der Waals surface area contributed by atoms with Crippen molar-refractivity contribution in [1.82, 2.24) is 14.7 Å². The second kappa shape index (κ2) is 10.3. The molecule has 1 aromatic heterocycles. The zero-order valence-electron chi connectivity index (χ0n) is 19.4. The molecule has 2 amide bonds. The minimum atomic E-state index is -0.0858. The van der Waals surface area contributed by atoms with Gasteiger partial charge in [-0.15, -0.1) is 0 Å². The van der Waals surface area contributed by atoms with Crippen molar-refractivity contribution in [3.8, 4) is 0 Å². The van der Waals surface area contributed by atoms with Crippen molar-refractivity contribution in [2.24, 2.45) is 5.92 Å². The molecule has 0 aliphatic carbocycles. The number of carbonyl (C=O) groups excluding carboxylic acids is 2. The van der Waals surface area contributed by atoms with Crippen LogP contribution in [-0.2, 0) is 4.79 Å². The first-order valence-electron chi connectivity index (χ1n) is 12.2. The van der Waals surface area contributed by atoms with E-state index in [4.69, 9.17) is 4.42 Å². The van der Waals surface area contributed by atoms with Gasteiger partial charge in [0, 0.05) is 45.2 Å². The maximum Gasteiger partial charge on any atom is 0.289 e. The lowest BCUT2D eigenvalue weighted by Gasteiger charge is -2.41. The van der Waals surface area contributed by atoms with E-state index in [9.17, 15) is 9.59 Å². The lowest BCUT2D eigenvalue weighted by atomic mass is 9.94. The molecule has 2 aliphatic rings. The molecule has 2 saturated heterocycles. The zero-order chi connectivity index (χ0) is 23.3. The lowest BCUT2D eigenvalue weighted by molar-refractivity contribution is -0.139. The Labute approximate surface area is 200 Å². The summed E-state index contributed by atoms with van der Waals surface area (Å²) in [4.78, 5) is 32.1. The molecule has 0 spiro atoms. The number of hydrogen-bond donors (Lipinski definition) is 0. The lowest BCUT2D eigenvalue weighted by Crippen LogP contribution is -2.52. The van der Waals surface area contributed by atoms with Crippen molar-refractivity contribution in [3.05, 3.63) is 95.9 Å². The Morgan fingerprint density at radius 3 is 1.82 bits per heavy atom. The number of likely N-dealkylation sites (tertiary alicyclic amines) is 1. The molecule has 2 fully saturated rings. The number of nitrogens with zero attached hydrogens (tertiary/aromatic N) is 3. The average molecular weight is 458 g/mol.